The minimum Gasteiger partial charge on any atom is -0.455 e. The Morgan fingerprint density at radius 2 is 1.84 bits per heavy atom. The summed E-state index contributed by atoms with van der Waals surface area (Å²) < 4.78 is 5.22. The number of hydrogen-bond acceptors (Lipinski definition) is 4. The predicted molar refractivity (Wildman–Crippen MR) is 94.1 cm³/mol. The maximum atomic E-state index is 12.3. The highest BCUT2D eigenvalue weighted by molar-refractivity contribution is 5.94. The molecule has 0 heterocycles. The van der Waals surface area contributed by atoms with Gasteiger partial charge in [0.2, 0.25) is 0 Å². The Bertz CT molecular complexity index is 681. The molecular weight excluding hydrogens is 318 g/mol. The summed E-state index contributed by atoms with van der Waals surface area (Å²) in [5.41, 5.74) is 2.75. The standard InChI is InChI=1S/C20H25NO4/c1-12-6-7-13(2)17(8-12)21-18(22)11-25-20(24)16-9-14-4-3-5-15(10-16)19(14)23/h6-8,14-16H,3-5,9-11H2,1-2H3,(H,21,22)/t14-,15-/m1/s1. The van der Waals surface area contributed by atoms with Crippen LogP contribution in [0, 0.1) is 31.6 Å². The van der Waals surface area contributed by atoms with Crippen molar-refractivity contribution in [3.63, 3.8) is 0 Å². The van der Waals surface area contributed by atoms with E-state index in [1.807, 2.05) is 32.0 Å². The molecule has 2 bridgehead atoms. The second-order valence-corrected chi connectivity index (χ2v) is 7.37. The van der Waals surface area contributed by atoms with E-state index in [2.05, 4.69) is 5.32 Å². The molecule has 5 heteroatoms. The maximum absolute atomic E-state index is 12.3. The number of benzene rings is 1. The minimum atomic E-state index is -0.347. The fourth-order valence-electron chi connectivity index (χ4n) is 3.98. The molecule has 1 aromatic rings. The van der Waals surface area contributed by atoms with Gasteiger partial charge in [-0.25, -0.2) is 0 Å². The van der Waals surface area contributed by atoms with Gasteiger partial charge >= 0.3 is 5.97 Å². The topological polar surface area (TPSA) is 72.5 Å². The number of esters is 1. The quantitative estimate of drug-likeness (QED) is 0.852. The lowest BCUT2D eigenvalue weighted by atomic mass is 9.67. The van der Waals surface area contributed by atoms with Crippen molar-refractivity contribution in [1.29, 1.82) is 0 Å². The molecule has 2 aliphatic rings. The van der Waals surface area contributed by atoms with Gasteiger partial charge in [0.15, 0.2) is 6.61 Å². The molecule has 2 fully saturated rings. The van der Waals surface area contributed by atoms with E-state index >= 15 is 0 Å². The molecule has 0 aromatic heterocycles. The Kier molecular flexibility index (Phi) is 5.21. The van der Waals surface area contributed by atoms with E-state index in [4.69, 9.17) is 4.74 Å². The summed E-state index contributed by atoms with van der Waals surface area (Å²) in [7, 11) is 0. The number of anilines is 1. The summed E-state index contributed by atoms with van der Waals surface area (Å²) in [5, 5.41) is 2.79. The number of nitrogens with one attached hydrogen (secondary N) is 1. The third-order valence-electron chi connectivity index (χ3n) is 5.39. The lowest BCUT2D eigenvalue weighted by molar-refractivity contribution is -0.155. The van der Waals surface area contributed by atoms with Crippen LogP contribution in [0.25, 0.3) is 0 Å². The number of amides is 1. The van der Waals surface area contributed by atoms with Gasteiger partial charge in [-0.3, -0.25) is 14.4 Å². The van der Waals surface area contributed by atoms with Crippen molar-refractivity contribution in [3.8, 4) is 0 Å². The highest BCUT2D eigenvalue weighted by Gasteiger charge is 2.41. The van der Waals surface area contributed by atoms with Crippen molar-refractivity contribution in [1.82, 2.24) is 0 Å². The monoisotopic (exact) mass is 343 g/mol. The van der Waals surface area contributed by atoms with E-state index in [0.717, 1.165) is 36.1 Å². The largest absolute Gasteiger partial charge is 0.455 e. The number of hydrogen-bond donors (Lipinski definition) is 1. The first-order chi connectivity index (χ1) is 11.9. The van der Waals surface area contributed by atoms with Crippen molar-refractivity contribution in [2.45, 2.75) is 46.0 Å². The van der Waals surface area contributed by atoms with Gasteiger partial charge in [-0.1, -0.05) is 18.6 Å². The van der Waals surface area contributed by atoms with Crippen LogP contribution in [0.4, 0.5) is 5.69 Å². The number of ether oxygens (including phenoxy) is 1. The van der Waals surface area contributed by atoms with Gasteiger partial charge in [-0.2, -0.15) is 0 Å². The molecule has 3 rings (SSSR count). The molecule has 134 valence electrons. The van der Waals surface area contributed by atoms with Crippen LogP contribution in [0.15, 0.2) is 18.2 Å². The zero-order valence-electron chi connectivity index (χ0n) is 14.8. The number of ketones is 1. The molecule has 2 saturated carbocycles. The van der Waals surface area contributed by atoms with Crippen LogP contribution in [-0.2, 0) is 19.1 Å². The Morgan fingerprint density at radius 1 is 1.16 bits per heavy atom. The summed E-state index contributed by atoms with van der Waals surface area (Å²) in [4.78, 5) is 36.5. The van der Waals surface area contributed by atoms with Gasteiger partial charge in [0.05, 0.1) is 5.92 Å². The predicted octanol–water partition coefficient (Wildman–Crippen LogP) is 3.18. The Balaban J connectivity index is 1.51. The van der Waals surface area contributed by atoms with Crippen molar-refractivity contribution in [2.24, 2.45) is 17.8 Å². The maximum Gasteiger partial charge on any atom is 0.309 e. The highest BCUT2D eigenvalue weighted by Crippen LogP contribution is 2.40. The van der Waals surface area contributed by atoms with Crippen molar-refractivity contribution in [3.05, 3.63) is 29.3 Å². The minimum absolute atomic E-state index is 0.00817. The molecule has 2 aliphatic carbocycles. The van der Waals surface area contributed by atoms with E-state index in [0.29, 0.717) is 18.6 Å². The average Bonchev–Trinajstić information content (AvgIpc) is 2.56. The Labute approximate surface area is 148 Å². The first-order valence-corrected chi connectivity index (χ1v) is 9.01. The number of Topliss-reactive ketones (excluding diaryl/α,β-unsaturated/α-hetero) is 1. The summed E-state index contributed by atoms with van der Waals surface area (Å²) >= 11 is 0. The molecule has 25 heavy (non-hydrogen) atoms. The van der Waals surface area contributed by atoms with Gasteiger partial charge in [0.25, 0.3) is 5.91 Å². The first-order valence-electron chi connectivity index (χ1n) is 9.01. The highest BCUT2D eigenvalue weighted by atomic mass is 16.5. The SMILES string of the molecule is Cc1ccc(C)c(NC(=O)COC(=O)C2C[C@H]3CCC[C@H](C2)C3=O)c1. The van der Waals surface area contributed by atoms with Crippen LogP contribution >= 0.6 is 0 Å². The van der Waals surface area contributed by atoms with Crippen LogP contribution in [0.3, 0.4) is 0 Å². The molecule has 1 aromatic carbocycles. The number of carbonyl (C=O) groups is 3. The summed E-state index contributed by atoms with van der Waals surface area (Å²) in [6, 6.07) is 5.81. The van der Waals surface area contributed by atoms with Crippen LogP contribution in [0.2, 0.25) is 0 Å². The van der Waals surface area contributed by atoms with Gasteiger partial charge in [0, 0.05) is 17.5 Å². The zero-order chi connectivity index (χ0) is 18.0. The van der Waals surface area contributed by atoms with E-state index in [1.165, 1.54) is 0 Å². The Hall–Kier alpha value is -2.17. The van der Waals surface area contributed by atoms with Gasteiger partial charge < -0.3 is 10.1 Å². The average molecular weight is 343 g/mol. The third-order valence-corrected chi connectivity index (χ3v) is 5.39. The van der Waals surface area contributed by atoms with Crippen molar-refractivity contribution in [2.75, 3.05) is 11.9 Å². The molecule has 1 N–H and O–H groups in total. The molecule has 0 radical (unpaired) electrons. The second kappa shape index (κ2) is 7.38. The van der Waals surface area contributed by atoms with Gasteiger partial charge in [0.1, 0.15) is 5.78 Å². The smallest absolute Gasteiger partial charge is 0.309 e. The molecule has 5 nitrogen and oxygen atoms in total. The van der Waals surface area contributed by atoms with Crippen LogP contribution in [0.1, 0.15) is 43.2 Å². The fourth-order valence-corrected chi connectivity index (χ4v) is 3.98. The normalized spacial score (nSPS) is 25.4. The first kappa shape index (κ1) is 17.6. The van der Waals surface area contributed by atoms with Gasteiger partial charge in [-0.15, -0.1) is 0 Å². The van der Waals surface area contributed by atoms with E-state index in [-0.39, 0.29) is 36.2 Å². The zero-order valence-corrected chi connectivity index (χ0v) is 14.8. The van der Waals surface area contributed by atoms with Crippen LogP contribution in [0.5, 0.6) is 0 Å². The van der Waals surface area contributed by atoms with Crippen molar-refractivity contribution >= 4 is 23.3 Å². The summed E-state index contributed by atoms with van der Waals surface area (Å²) in [5.74, 6) is -0.596. The summed E-state index contributed by atoms with van der Waals surface area (Å²) in [6.07, 6.45) is 3.99. The van der Waals surface area contributed by atoms with E-state index in [9.17, 15) is 14.4 Å². The number of rotatable bonds is 4. The molecule has 2 atom stereocenters. The molecule has 0 unspecified atom stereocenters. The Morgan fingerprint density at radius 3 is 2.52 bits per heavy atom. The third kappa shape index (κ3) is 4.09. The lowest BCUT2D eigenvalue weighted by Gasteiger charge is -2.36. The summed E-state index contributed by atoms with van der Waals surface area (Å²) in [6.45, 7) is 3.58. The van der Waals surface area contributed by atoms with E-state index < -0.39 is 0 Å². The second-order valence-electron chi connectivity index (χ2n) is 7.37. The number of carbonyl (C=O) groups excluding carboxylic acids is 3. The number of fused-ring (bicyclic) bond motifs is 2. The number of aryl methyl sites for hydroxylation is 2. The molecule has 0 spiro atoms. The fraction of sp³-hybridized carbons (Fsp3) is 0.550. The van der Waals surface area contributed by atoms with E-state index in [1.54, 1.807) is 0 Å². The van der Waals surface area contributed by atoms with Crippen LogP contribution in [-0.4, -0.2) is 24.3 Å². The molecular formula is C20H25NO4. The van der Waals surface area contributed by atoms with Crippen LogP contribution < -0.4 is 5.32 Å². The molecule has 0 aliphatic heterocycles. The van der Waals surface area contributed by atoms with Crippen molar-refractivity contribution < 1.29 is 19.1 Å². The lowest BCUT2D eigenvalue weighted by Crippen LogP contribution is -2.40. The molecule has 0 saturated heterocycles. The van der Waals surface area contributed by atoms with Gasteiger partial charge in [-0.05, 0) is 56.7 Å². The molecule has 1 amide bonds.